The summed E-state index contributed by atoms with van der Waals surface area (Å²) in [5, 5.41) is 2.93. The highest BCUT2D eigenvalue weighted by Gasteiger charge is 2.31. The lowest BCUT2D eigenvalue weighted by molar-refractivity contribution is -0.137. The molecule has 8 heteroatoms. The summed E-state index contributed by atoms with van der Waals surface area (Å²) in [7, 11) is 0. The highest BCUT2D eigenvalue weighted by atomic mass is 19.4. The van der Waals surface area contributed by atoms with E-state index in [0.717, 1.165) is 23.5 Å². The lowest BCUT2D eigenvalue weighted by Crippen LogP contribution is -2.53. The van der Waals surface area contributed by atoms with Crippen LogP contribution in [0.2, 0.25) is 0 Å². The molecule has 1 saturated heterocycles. The van der Waals surface area contributed by atoms with E-state index >= 15 is 0 Å². The first-order valence-electron chi connectivity index (χ1n) is 9.14. The van der Waals surface area contributed by atoms with Gasteiger partial charge >= 0.3 is 6.18 Å². The predicted molar refractivity (Wildman–Crippen MR) is 102 cm³/mol. The van der Waals surface area contributed by atoms with Crippen molar-refractivity contribution in [2.75, 3.05) is 36.4 Å². The van der Waals surface area contributed by atoms with Gasteiger partial charge in [-0.2, -0.15) is 13.2 Å². The second-order valence-corrected chi connectivity index (χ2v) is 6.96. The van der Waals surface area contributed by atoms with Crippen molar-refractivity contribution < 1.29 is 18.0 Å². The van der Waals surface area contributed by atoms with E-state index in [1.165, 1.54) is 6.07 Å². The number of aryl methyl sites for hydroxylation is 1. The molecule has 1 aliphatic heterocycles. The SMILES string of the molecule is Cc1cccc(NC(=O)C(C)N2CCN(c3ccc(C(F)(F)F)cn3)CC2)c1. The van der Waals surface area contributed by atoms with Crippen LogP contribution in [0.4, 0.5) is 24.7 Å². The summed E-state index contributed by atoms with van der Waals surface area (Å²) < 4.78 is 38.0. The first-order chi connectivity index (χ1) is 13.2. The average Bonchev–Trinajstić information content (AvgIpc) is 2.67. The third-order valence-corrected chi connectivity index (χ3v) is 4.93. The number of pyridine rings is 1. The van der Waals surface area contributed by atoms with Gasteiger partial charge in [-0.1, -0.05) is 12.1 Å². The van der Waals surface area contributed by atoms with Crippen molar-refractivity contribution >= 4 is 17.4 Å². The molecule has 1 amide bonds. The maximum Gasteiger partial charge on any atom is 0.417 e. The molecule has 5 nitrogen and oxygen atoms in total. The van der Waals surface area contributed by atoms with Gasteiger partial charge in [0, 0.05) is 38.1 Å². The maximum absolute atomic E-state index is 12.7. The summed E-state index contributed by atoms with van der Waals surface area (Å²) in [6.45, 7) is 6.28. The standard InChI is InChI=1S/C20H23F3N4O/c1-14-4-3-5-17(12-14)25-19(28)15(2)26-8-10-27(11-9-26)18-7-6-16(13-24-18)20(21,22)23/h3-7,12-13,15H,8-11H2,1-2H3,(H,25,28). The molecule has 1 aromatic carbocycles. The maximum atomic E-state index is 12.7. The van der Waals surface area contributed by atoms with Gasteiger partial charge in [0.15, 0.2) is 0 Å². The van der Waals surface area contributed by atoms with Gasteiger partial charge in [-0.05, 0) is 43.7 Å². The summed E-state index contributed by atoms with van der Waals surface area (Å²) in [6.07, 6.45) is -3.52. The molecule has 0 saturated carbocycles. The van der Waals surface area contributed by atoms with Gasteiger partial charge in [-0.15, -0.1) is 0 Å². The van der Waals surface area contributed by atoms with Crippen LogP contribution in [0.25, 0.3) is 0 Å². The molecule has 1 fully saturated rings. The first-order valence-corrected chi connectivity index (χ1v) is 9.14. The smallest absolute Gasteiger partial charge is 0.354 e. The highest BCUT2D eigenvalue weighted by Crippen LogP contribution is 2.29. The fourth-order valence-electron chi connectivity index (χ4n) is 3.21. The Morgan fingerprint density at radius 2 is 1.86 bits per heavy atom. The second kappa shape index (κ2) is 8.18. The molecule has 1 N–H and O–H groups in total. The summed E-state index contributed by atoms with van der Waals surface area (Å²) in [5.74, 6) is 0.441. The average molecular weight is 392 g/mol. The number of anilines is 2. The van der Waals surface area contributed by atoms with Gasteiger partial charge in [0.05, 0.1) is 11.6 Å². The molecule has 2 heterocycles. The van der Waals surface area contributed by atoms with Crippen LogP contribution < -0.4 is 10.2 Å². The van der Waals surface area contributed by atoms with Gasteiger partial charge in [0.1, 0.15) is 5.82 Å². The minimum Gasteiger partial charge on any atom is -0.354 e. The Bertz CT molecular complexity index is 815. The molecule has 2 aromatic rings. The Morgan fingerprint density at radius 1 is 1.14 bits per heavy atom. The van der Waals surface area contributed by atoms with Crippen molar-refractivity contribution in [3.05, 3.63) is 53.7 Å². The first kappa shape index (κ1) is 20.1. The third kappa shape index (κ3) is 4.81. The minimum atomic E-state index is -4.38. The molecule has 0 aliphatic carbocycles. The van der Waals surface area contributed by atoms with Gasteiger partial charge in [-0.25, -0.2) is 4.98 Å². The quantitative estimate of drug-likeness (QED) is 0.865. The van der Waals surface area contributed by atoms with E-state index in [4.69, 9.17) is 0 Å². The number of aromatic nitrogens is 1. The number of alkyl halides is 3. The number of nitrogens with zero attached hydrogens (tertiary/aromatic N) is 3. The number of rotatable bonds is 4. The molecule has 1 unspecified atom stereocenters. The Morgan fingerprint density at radius 3 is 2.43 bits per heavy atom. The minimum absolute atomic E-state index is 0.0771. The topological polar surface area (TPSA) is 48.5 Å². The van der Waals surface area contributed by atoms with E-state index in [1.54, 1.807) is 0 Å². The number of carbonyl (C=O) groups excluding carboxylic acids is 1. The largest absolute Gasteiger partial charge is 0.417 e. The fourth-order valence-corrected chi connectivity index (χ4v) is 3.21. The number of carbonyl (C=O) groups is 1. The Kier molecular flexibility index (Phi) is 5.88. The van der Waals surface area contributed by atoms with Crippen molar-refractivity contribution in [2.45, 2.75) is 26.1 Å². The fraction of sp³-hybridized carbons (Fsp3) is 0.400. The zero-order valence-corrected chi connectivity index (χ0v) is 15.8. The van der Waals surface area contributed by atoms with Crippen LogP contribution in [-0.4, -0.2) is 48.0 Å². The van der Waals surface area contributed by atoms with Crippen molar-refractivity contribution in [1.82, 2.24) is 9.88 Å². The molecule has 0 bridgehead atoms. The molecule has 1 aliphatic rings. The molecule has 0 radical (unpaired) electrons. The number of benzene rings is 1. The van der Waals surface area contributed by atoms with E-state index in [9.17, 15) is 18.0 Å². The number of hydrogen-bond donors (Lipinski definition) is 1. The summed E-state index contributed by atoms with van der Waals surface area (Å²) in [4.78, 5) is 20.5. The zero-order chi connectivity index (χ0) is 20.3. The van der Waals surface area contributed by atoms with Gasteiger partial charge in [0.2, 0.25) is 5.91 Å². The number of piperazine rings is 1. The Balaban J connectivity index is 1.55. The normalized spacial score (nSPS) is 16.7. The van der Waals surface area contributed by atoms with Crippen LogP contribution >= 0.6 is 0 Å². The second-order valence-electron chi connectivity index (χ2n) is 6.96. The van der Waals surface area contributed by atoms with Crippen LogP contribution in [0.5, 0.6) is 0 Å². The molecule has 28 heavy (non-hydrogen) atoms. The van der Waals surface area contributed by atoms with Crippen LogP contribution in [0.1, 0.15) is 18.1 Å². The van der Waals surface area contributed by atoms with Crippen molar-refractivity contribution in [1.29, 1.82) is 0 Å². The monoisotopic (exact) mass is 392 g/mol. The summed E-state index contributed by atoms with van der Waals surface area (Å²) in [6, 6.07) is 9.77. The molecular weight excluding hydrogens is 369 g/mol. The number of amides is 1. The van der Waals surface area contributed by atoms with Crippen LogP contribution in [-0.2, 0) is 11.0 Å². The van der Waals surface area contributed by atoms with E-state index in [1.807, 2.05) is 43.0 Å². The highest BCUT2D eigenvalue weighted by molar-refractivity contribution is 5.94. The molecular formula is C20H23F3N4O. The Hall–Kier alpha value is -2.61. The van der Waals surface area contributed by atoms with Gasteiger partial charge in [-0.3, -0.25) is 9.69 Å². The number of halogens is 3. The molecule has 3 rings (SSSR count). The zero-order valence-electron chi connectivity index (χ0n) is 15.8. The predicted octanol–water partition coefficient (Wildman–Crippen LogP) is 3.56. The third-order valence-electron chi connectivity index (χ3n) is 4.93. The molecule has 150 valence electrons. The van der Waals surface area contributed by atoms with E-state index in [0.29, 0.717) is 32.0 Å². The summed E-state index contributed by atoms with van der Waals surface area (Å²) in [5.41, 5.74) is 1.09. The number of hydrogen-bond acceptors (Lipinski definition) is 4. The molecule has 0 spiro atoms. The van der Waals surface area contributed by atoms with Crippen molar-refractivity contribution in [3.8, 4) is 0 Å². The van der Waals surface area contributed by atoms with Crippen molar-refractivity contribution in [2.24, 2.45) is 0 Å². The Labute approximate surface area is 162 Å². The van der Waals surface area contributed by atoms with Crippen LogP contribution in [0.3, 0.4) is 0 Å². The summed E-state index contributed by atoms with van der Waals surface area (Å²) >= 11 is 0. The van der Waals surface area contributed by atoms with Gasteiger partial charge < -0.3 is 10.2 Å². The molecule has 1 aromatic heterocycles. The van der Waals surface area contributed by atoms with E-state index in [2.05, 4.69) is 15.2 Å². The molecule has 1 atom stereocenters. The van der Waals surface area contributed by atoms with E-state index in [-0.39, 0.29) is 11.9 Å². The van der Waals surface area contributed by atoms with Crippen LogP contribution in [0.15, 0.2) is 42.6 Å². The van der Waals surface area contributed by atoms with Crippen molar-refractivity contribution in [3.63, 3.8) is 0 Å². The van der Waals surface area contributed by atoms with Gasteiger partial charge in [0.25, 0.3) is 0 Å². The lowest BCUT2D eigenvalue weighted by Gasteiger charge is -2.38. The van der Waals surface area contributed by atoms with Crippen LogP contribution in [0, 0.1) is 6.92 Å². The lowest BCUT2D eigenvalue weighted by atomic mass is 10.2. The van der Waals surface area contributed by atoms with E-state index < -0.39 is 11.7 Å². The number of nitrogens with one attached hydrogen (secondary N) is 1.